The Hall–Kier alpha value is -2.68. The van der Waals surface area contributed by atoms with Crippen molar-refractivity contribution in [3.05, 3.63) is 33.9 Å². The minimum Gasteiger partial charge on any atom is -0.494 e. The molecule has 0 saturated carbocycles. The maximum atomic E-state index is 13.0. The zero-order valence-corrected chi connectivity index (χ0v) is 14.3. The number of carboxylic acids is 1. The van der Waals surface area contributed by atoms with E-state index >= 15 is 0 Å². The predicted molar refractivity (Wildman–Crippen MR) is 89.2 cm³/mol. The van der Waals surface area contributed by atoms with E-state index in [4.69, 9.17) is 9.47 Å². The van der Waals surface area contributed by atoms with Crippen molar-refractivity contribution < 1.29 is 29.1 Å². The summed E-state index contributed by atoms with van der Waals surface area (Å²) in [5.74, 6) is -1.49. The van der Waals surface area contributed by atoms with Crippen LogP contribution in [0.25, 0.3) is 0 Å². The number of hydrogen-bond donors (Lipinski definition) is 1. The van der Waals surface area contributed by atoms with Gasteiger partial charge in [-0.2, -0.15) is 0 Å². The summed E-state index contributed by atoms with van der Waals surface area (Å²) in [6.07, 6.45) is 0.317. The molecule has 0 aromatic heterocycles. The topological polar surface area (TPSA) is 119 Å². The number of hydrogen-bond acceptors (Lipinski definition) is 6. The van der Waals surface area contributed by atoms with Gasteiger partial charge in [-0.25, -0.2) is 0 Å². The molecule has 2 aliphatic rings. The number of aliphatic carboxylic acids is 1. The second kappa shape index (κ2) is 6.91. The number of carbonyl (C=O) groups excluding carboxylic acids is 1. The zero-order chi connectivity index (χ0) is 18.9. The largest absolute Gasteiger partial charge is 0.494 e. The van der Waals surface area contributed by atoms with E-state index in [0.717, 1.165) is 0 Å². The van der Waals surface area contributed by atoms with E-state index in [1.807, 2.05) is 0 Å². The molecule has 1 amide bonds. The van der Waals surface area contributed by atoms with Gasteiger partial charge in [0.2, 0.25) is 0 Å². The van der Waals surface area contributed by atoms with Gasteiger partial charge in [0.25, 0.3) is 11.6 Å². The highest BCUT2D eigenvalue weighted by Crippen LogP contribution is 2.43. The van der Waals surface area contributed by atoms with Gasteiger partial charge in [0.05, 0.1) is 23.6 Å². The molecule has 2 atom stereocenters. The molecule has 26 heavy (non-hydrogen) atoms. The fourth-order valence-corrected chi connectivity index (χ4v) is 3.73. The maximum absolute atomic E-state index is 13.0. The molecule has 2 aliphatic heterocycles. The number of benzene rings is 1. The standard InChI is InChI=1S/C17H20N2O7/c1-2-26-12-3-4-14(19(23)24)13(7-12)15(20)18-8-11-9-25-6-5-17(11,10-18)16(21)22/h3-4,7,11H,2,5-6,8-10H2,1H3,(H,21,22)/t11-,17+/m0/s1. The average molecular weight is 364 g/mol. The molecule has 0 aliphatic carbocycles. The molecule has 3 rings (SSSR count). The summed E-state index contributed by atoms with van der Waals surface area (Å²) >= 11 is 0. The summed E-state index contributed by atoms with van der Waals surface area (Å²) < 4.78 is 10.7. The summed E-state index contributed by atoms with van der Waals surface area (Å²) in [6.45, 7) is 2.93. The third kappa shape index (κ3) is 2.98. The van der Waals surface area contributed by atoms with Crippen molar-refractivity contribution in [2.45, 2.75) is 13.3 Å². The SMILES string of the molecule is CCOc1ccc([N+](=O)[O-])c(C(=O)N2C[C@H]3COCC[C@@]3(C(=O)O)C2)c1. The number of carbonyl (C=O) groups is 2. The Morgan fingerprint density at radius 2 is 2.27 bits per heavy atom. The maximum Gasteiger partial charge on any atom is 0.311 e. The van der Waals surface area contributed by atoms with Crippen LogP contribution in [-0.2, 0) is 9.53 Å². The van der Waals surface area contributed by atoms with Gasteiger partial charge in [0, 0.05) is 31.7 Å². The van der Waals surface area contributed by atoms with Crippen molar-refractivity contribution >= 4 is 17.6 Å². The van der Waals surface area contributed by atoms with E-state index in [0.29, 0.717) is 25.4 Å². The Kier molecular flexibility index (Phi) is 4.82. The highest BCUT2D eigenvalue weighted by atomic mass is 16.6. The third-order valence-corrected chi connectivity index (χ3v) is 5.13. The second-order valence-electron chi connectivity index (χ2n) is 6.54. The van der Waals surface area contributed by atoms with Crippen LogP contribution in [0, 0.1) is 21.4 Å². The predicted octanol–water partition coefficient (Wildman–Crippen LogP) is 1.56. The van der Waals surface area contributed by atoms with Gasteiger partial charge in [-0.3, -0.25) is 19.7 Å². The van der Waals surface area contributed by atoms with Gasteiger partial charge >= 0.3 is 5.97 Å². The number of likely N-dealkylation sites (tertiary alicyclic amines) is 1. The molecule has 0 radical (unpaired) electrons. The highest BCUT2D eigenvalue weighted by Gasteiger charge is 2.55. The lowest BCUT2D eigenvalue weighted by atomic mass is 9.74. The minimum atomic E-state index is -1.06. The smallest absolute Gasteiger partial charge is 0.311 e. The molecule has 2 fully saturated rings. The van der Waals surface area contributed by atoms with Gasteiger partial charge in [-0.15, -0.1) is 0 Å². The lowest BCUT2D eigenvalue weighted by Crippen LogP contribution is -2.45. The molecule has 0 bridgehead atoms. The molecule has 2 saturated heterocycles. The van der Waals surface area contributed by atoms with Crippen LogP contribution in [0.2, 0.25) is 0 Å². The quantitative estimate of drug-likeness (QED) is 0.622. The minimum absolute atomic E-state index is 0.0191. The van der Waals surface area contributed by atoms with Crippen molar-refractivity contribution in [1.82, 2.24) is 4.90 Å². The molecule has 1 N–H and O–H groups in total. The summed E-state index contributed by atoms with van der Waals surface area (Å²) in [5.41, 5.74) is -1.48. The fourth-order valence-electron chi connectivity index (χ4n) is 3.73. The Morgan fingerprint density at radius 3 is 2.88 bits per heavy atom. The lowest BCUT2D eigenvalue weighted by Gasteiger charge is -2.33. The molecular formula is C17H20N2O7. The first kappa shape index (κ1) is 18.1. The molecule has 9 heteroatoms. The summed E-state index contributed by atoms with van der Waals surface area (Å²) in [7, 11) is 0. The number of nitro groups is 1. The van der Waals surface area contributed by atoms with E-state index in [-0.39, 0.29) is 36.9 Å². The Bertz CT molecular complexity index is 751. The van der Waals surface area contributed by atoms with Crippen LogP contribution in [0.4, 0.5) is 5.69 Å². The first-order valence-electron chi connectivity index (χ1n) is 8.40. The molecule has 1 aromatic carbocycles. The number of ether oxygens (including phenoxy) is 2. The molecule has 140 valence electrons. The van der Waals surface area contributed by atoms with E-state index in [2.05, 4.69) is 0 Å². The monoisotopic (exact) mass is 364 g/mol. The number of fused-ring (bicyclic) bond motifs is 1. The van der Waals surface area contributed by atoms with E-state index in [1.54, 1.807) is 6.92 Å². The summed E-state index contributed by atoms with van der Waals surface area (Å²) in [4.78, 5) is 36.9. The normalized spacial score (nSPS) is 24.8. The molecule has 0 spiro atoms. The first-order valence-corrected chi connectivity index (χ1v) is 8.40. The van der Waals surface area contributed by atoms with Crippen molar-refractivity contribution in [3.8, 4) is 5.75 Å². The molecule has 9 nitrogen and oxygen atoms in total. The highest BCUT2D eigenvalue weighted by molar-refractivity contribution is 5.99. The Morgan fingerprint density at radius 1 is 1.50 bits per heavy atom. The van der Waals surface area contributed by atoms with Gasteiger partial charge in [0.1, 0.15) is 11.3 Å². The second-order valence-corrected chi connectivity index (χ2v) is 6.54. The summed E-state index contributed by atoms with van der Waals surface area (Å²) in [5, 5.41) is 21.0. The number of amides is 1. The number of nitrogens with zero attached hydrogens (tertiary/aromatic N) is 2. The van der Waals surface area contributed by atoms with Gasteiger partial charge < -0.3 is 19.5 Å². The van der Waals surface area contributed by atoms with E-state index in [1.165, 1.54) is 23.1 Å². The van der Waals surface area contributed by atoms with E-state index < -0.39 is 22.2 Å². The van der Waals surface area contributed by atoms with Gasteiger partial charge in [-0.1, -0.05) is 0 Å². The van der Waals surface area contributed by atoms with Gasteiger partial charge in [0.15, 0.2) is 0 Å². The average Bonchev–Trinajstić information content (AvgIpc) is 3.02. The van der Waals surface area contributed by atoms with Gasteiger partial charge in [-0.05, 0) is 25.5 Å². The van der Waals surface area contributed by atoms with E-state index in [9.17, 15) is 24.8 Å². The Balaban J connectivity index is 1.93. The lowest BCUT2D eigenvalue weighted by molar-refractivity contribution is -0.385. The van der Waals surface area contributed by atoms with Crippen LogP contribution < -0.4 is 4.74 Å². The van der Waals surface area contributed by atoms with Crippen molar-refractivity contribution in [3.63, 3.8) is 0 Å². The Labute approximate surface area is 149 Å². The molecule has 0 unspecified atom stereocenters. The van der Waals surface area contributed by atoms with Crippen LogP contribution in [0.3, 0.4) is 0 Å². The fraction of sp³-hybridized carbons (Fsp3) is 0.529. The van der Waals surface area contributed by atoms with Crippen LogP contribution in [0.5, 0.6) is 5.75 Å². The number of carboxylic acid groups (broad SMARTS) is 1. The zero-order valence-electron chi connectivity index (χ0n) is 14.3. The van der Waals surface area contributed by atoms with Crippen LogP contribution >= 0.6 is 0 Å². The number of rotatable bonds is 5. The van der Waals surface area contributed by atoms with Crippen molar-refractivity contribution in [2.24, 2.45) is 11.3 Å². The summed E-state index contributed by atoms with van der Waals surface area (Å²) in [6, 6.07) is 4.02. The van der Waals surface area contributed by atoms with Crippen LogP contribution in [0.1, 0.15) is 23.7 Å². The molecule has 2 heterocycles. The molecule has 1 aromatic rings. The third-order valence-electron chi connectivity index (χ3n) is 5.13. The van der Waals surface area contributed by atoms with Crippen LogP contribution in [-0.4, -0.2) is 59.7 Å². The first-order chi connectivity index (χ1) is 12.4. The molecular weight excluding hydrogens is 344 g/mol. The number of nitro benzene ring substituents is 1. The van der Waals surface area contributed by atoms with Crippen molar-refractivity contribution in [1.29, 1.82) is 0 Å². The van der Waals surface area contributed by atoms with Crippen molar-refractivity contribution in [2.75, 3.05) is 32.9 Å². The van der Waals surface area contributed by atoms with Crippen LogP contribution in [0.15, 0.2) is 18.2 Å².